The molecule has 2 aromatic rings. The summed E-state index contributed by atoms with van der Waals surface area (Å²) in [5.74, 6) is -0.450. The molecule has 0 saturated heterocycles. The highest BCUT2D eigenvalue weighted by atomic mass is 32.2. The van der Waals surface area contributed by atoms with Gasteiger partial charge in [-0.05, 0) is 41.3 Å². The van der Waals surface area contributed by atoms with Gasteiger partial charge in [-0.2, -0.15) is 4.39 Å². The molecule has 0 aliphatic heterocycles. The number of nitrogens with zero attached hydrogens (tertiary/aromatic N) is 1. The van der Waals surface area contributed by atoms with Crippen LogP contribution in [0.5, 0.6) is 0 Å². The number of hydrogen-bond acceptors (Lipinski definition) is 3. The molecule has 0 radical (unpaired) electrons. The van der Waals surface area contributed by atoms with Crippen LogP contribution in [-0.4, -0.2) is 11.5 Å². The first kappa shape index (κ1) is 12.1. The predicted octanol–water partition coefficient (Wildman–Crippen LogP) is 3.50. The van der Waals surface area contributed by atoms with E-state index in [2.05, 4.69) is 16.6 Å². The molecule has 1 heterocycles. The largest absolute Gasteiger partial charge is 0.260 e. The van der Waals surface area contributed by atoms with Gasteiger partial charge < -0.3 is 0 Å². The minimum absolute atomic E-state index is 0.450. The van der Waals surface area contributed by atoms with Crippen LogP contribution in [0.2, 0.25) is 0 Å². The summed E-state index contributed by atoms with van der Waals surface area (Å²) < 4.78 is 16.2. The van der Waals surface area contributed by atoms with Crippen LogP contribution in [0.15, 0.2) is 47.5 Å². The molecule has 0 bridgehead atoms. The van der Waals surface area contributed by atoms with Gasteiger partial charge in [0.1, 0.15) is 0 Å². The summed E-state index contributed by atoms with van der Waals surface area (Å²) in [4.78, 5) is 4.69. The lowest BCUT2D eigenvalue weighted by atomic mass is 10.1. The van der Waals surface area contributed by atoms with Crippen molar-refractivity contribution in [3.63, 3.8) is 0 Å². The minimum atomic E-state index is -0.450. The molecule has 0 aliphatic rings. The van der Waals surface area contributed by atoms with E-state index in [0.29, 0.717) is 0 Å². The Labute approximate surface area is 104 Å². The van der Waals surface area contributed by atoms with Gasteiger partial charge in [-0.15, -0.1) is 0 Å². The zero-order chi connectivity index (χ0) is 12.1. The molecule has 0 fully saturated rings. The first-order valence-electron chi connectivity index (χ1n) is 5.41. The Morgan fingerprint density at radius 2 is 1.94 bits per heavy atom. The average molecular weight is 248 g/mol. The zero-order valence-corrected chi connectivity index (χ0v) is 10.3. The summed E-state index contributed by atoms with van der Waals surface area (Å²) in [5.41, 5.74) is 1.84. The summed E-state index contributed by atoms with van der Waals surface area (Å²) >= 11 is 1.59. The number of rotatable bonds is 4. The van der Waals surface area contributed by atoms with E-state index in [1.807, 2.05) is 24.3 Å². The van der Waals surface area contributed by atoms with Crippen molar-refractivity contribution in [2.75, 3.05) is 6.54 Å². The Balaban J connectivity index is 2.17. The highest BCUT2D eigenvalue weighted by Crippen LogP contribution is 2.22. The maximum Gasteiger partial charge on any atom is 0.213 e. The smallest absolute Gasteiger partial charge is 0.213 e. The minimum Gasteiger partial charge on any atom is -0.260 e. The van der Waals surface area contributed by atoms with Gasteiger partial charge in [0.25, 0.3) is 0 Å². The van der Waals surface area contributed by atoms with Crippen LogP contribution in [-0.2, 0) is 0 Å². The van der Waals surface area contributed by atoms with E-state index in [0.717, 1.165) is 22.6 Å². The number of hydrogen-bond donors (Lipinski definition) is 1. The SMILES string of the molecule is CCNSc1ccc(-c2ccnc(F)c2)cc1. The quantitative estimate of drug-likeness (QED) is 0.662. The second-order valence-electron chi connectivity index (χ2n) is 3.49. The van der Waals surface area contributed by atoms with Crippen molar-refractivity contribution in [3.05, 3.63) is 48.5 Å². The lowest BCUT2D eigenvalue weighted by Crippen LogP contribution is -1.99. The summed E-state index contributed by atoms with van der Waals surface area (Å²) in [6, 6.07) is 11.2. The second kappa shape index (κ2) is 5.80. The molecular weight excluding hydrogens is 235 g/mol. The molecule has 1 N–H and O–H groups in total. The van der Waals surface area contributed by atoms with Crippen molar-refractivity contribution in [2.45, 2.75) is 11.8 Å². The van der Waals surface area contributed by atoms with E-state index in [9.17, 15) is 4.39 Å². The number of aromatic nitrogens is 1. The van der Waals surface area contributed by atoms with Crippen LogP contribution in [0.3, 0.4) is 0 Å². The first-order chi connectivity index (χ1) is 8.29. The Kier molecular flexibility index (Phi) is 4.12. The van der Waals surface area contributed by atoms with E-state index in [1.54, 1.807) is 18.0 Å². The standard InChI is InChI=1S/C13H13FN2S/c1-2-16-17-12-5-3-10(4-6-12)11-7-8-15-13(14)9-11/h3-9,16H,2H2,1H3. The van der Waals surface area contributed by atoms with E-state index < -0.39 is 5.95 Å². The molecule has 0 spiro atoms. The van der Waals surface area contributed by atoms with Gasteiger partial charge in [0.2, 0.25) is 5.95 Å². The van der Waals surface area contributed by atoms with Gasteiger partial charge in [-0.1, -0.05) is 19.1 Å². The Morgan fingerprint density at radius 1 is 1.18 bits per heavy atom. The van der Waals surface area contributed by atoms with E-state index in [4.69, 9.17) is 0 Å². The fourth-order valence-electron chi connectivity index (χ4n) is 1.45. The zero-order valence-electron chi connectivity index (χ0n) is 9.48. The number of benzene rings is 1. The number of nitrogens with one attached hydrogen (secondary N) is 1. The highest BCUT2D eigenvalue weighted by molar-refractivity contribution is 7.97. The predicted molar refractivity (Wildman–Crippen MR) is 69.2 cm³/mol. The fourth-order valence-corrected chi connectivity index (χ4v) is 2.04. The fraction of sp³-hybridized carbons (Fsp3) is 0.154. The monoisotopic (exact) mass is 248 g/mol. The summed E-state index contributed by atoms with van der Waals surface area (Å²) in [7, 11) is 0. The molecule has 88 valence electrons. The molecule has 0 atom stereocenters. The van der Waals surface area contributed by atoms with E-state index in [1.165, 1.54) is 12.3 Å². The lowest BCUT2D eigenvalue weighted by Gasteiger charge is -2.04. The summed E-state index contributed by atoms with van der Waals surface area (Å²) in [5, 5.41) is 0. The van der Waals surface area contributed by atoms with Gasteiger partial charge in [-0.3, -0.25) is 4.72 Å². The second-order valence-corrected chi connectivity index (χ2v) is 4.46. The van der Waals surface area contributed by atoms with Crippen LogP contribution in [0.25, 0.3) is 11.1 Å². The van der Waals surface area contributed by atoms with Gasteiger partial charge in [-0.25, -0.2) is 4.98 Å². The van der Waals surface area contributed by atoms with E-state index >= 15 is 0 Å². The molecule has 0 aliphatic carbocycles. The molecule has 2 rings (SSSR count). The third-order valence-electron chi connectivity index (χ3n) is 2.25. The normalized spacial score (nSPS) is 10.5. The summed E-state index contributed by atoms with van der Waals surface area (Å²) in [6.07, 6.45) is 1.48. The number of halogens is 1. The Hall–Kier alpha value is -1.39. The topological polar surface area (TPSA) is 24.9 Å². The van der Waals surface area contributed by atoms with Crippen LogP contribution < -0.4 is 4.72 Å². The van der Waals surface area contributed by atoms with Crippen LogP contribution in [0, 0.1) is 5.95 Å². The highest BCUT2D eigenvalue weighted by Gasteiger charge is 2.00. The van der Waals surface area contributed by atoms with Crippen molar-refractivity contribution in [1.82, 2.24) is 9.71 Å². The molecule has 0 saturated carbocycles. The number of pyridine rings is 1. The van der Waals surface area contributed by atoms with Gasteiger partial charge in [0, 0.05) is 23.7 Å². The van der Waals surface area contributed by atoms with Crippen molar-refractivity contribution in [3.8, 4) is 11.1 Å². The average Bonchev–Trinajstić information content (AvgIpc) is 2.37. The molecular formula is C13H13FN2S. The third kappa shape index (κ3) is 3.28. The molecule has 1 aromatic heterocycles. The van der Waals surface area contributed by atoms with Gasteiger partial charge in [0.15, 0.2) is 0 Å². The maximum atomic E-state index is 13.0. The van der Waals surface area contributed by atoms with Crippen molar-refractivity contribution in [2.24, 2.45) is 0 Å². The van der Waals surface area contributed by atoms with Crippen LogP contribution in [0.4, 0.5) is 4.39 Å². The Morgan fingerprint density at radius 3 is 2.59 bits per heavy atom. The van der Waals surface area contributed by atoms with Gasteiger partial charge in [0.05, 0.1) is 0 Å². The lowest BCUT2D eigenvalue weighted by molar-refractivity contribution is 0.584. The van der Waals surface area contributed by atoms with Crippen LogP contribution >= 0.6 is 11.9 Å². The van der Waals surface area contributed by atoms with Crippen molar-refractivity contribution in [1.29, 1.82) is 0 Å². The first-order valence-corrected chi connectivity index (χ1v) is 6.23. The molecule has 0 amide bonds. The van der Waals surface area contributed by atoms with Crippen molar-refractivity contribution < 1.29 is 4.39 Å². The summed E-state index contributed by atoms with van der Waals surface area (Å²) in [6.45, 7) is 2.98. The van der Waals surface area contributed by atoms with Crippen LogP contribution in [0.1, 0.15) is 6.92 Å². The molecule has 1 aromatic carbocycles. The van der Waals surface area contributed by atoms with Gasteiger partial charge >= 0.3 is 0 Å². The molecule has 0 unspecified atom stereocenters. The molecule has 4 heteroatoms. The Bertz CT molecular complexity index is 485. The van der Waals surface area contributed by atoms with Crippen molar-refractivity contribution >= 4 is 11.9 Å². The molecule has 17 heavy (non-hydrogen) atoms. The maximum absolute atomic E-state index is 13.0. The molecule has 2 nitrogen and oxygen atoms in total. The third-order valence-corrected chi connectivity index (χ3v) is 3.19. The van der Waals surface area contributed by atoms with E-state index in [-0.39, 0.29) is 0 Å².